The second kappa shape index (κ2) is 12.5. The van der Waals surface area contributed by atoms with E-state index in [1.165, 1.54) is 15.3 Å². The first-order chi connectivity index (χ1) is 19.3. The van der Waals surface area contributed by atoms with Crippen molar-refractivity contribution in [3.8, 4) is 5.75 Å². The van der Waals surface area contributed by atoms with Crippen molar-refractivity contribution in [2.45, 2.75) is 36.4 Å². The Labute approximate surface area is 251 Å². The molecular formula is C28H35ClN4O5S2Si. The molecule has 1 amide bonds. The van der Waals surface area contributed by atoms with Gasteiger partial charge in [-0.25, -0.2) is 12.7 Å². The van der Waals surface area contributed by atoms with E-state index in [4.69, 9.17) is 26.2 Å². The van der Waals surface area contributed by atoms with Crippen LogP contribution in [0.2, 0.25) is 30.0 Å². The number of sulfonamides is 1. The Balaban J connectivity index is 1.79. The molecule has 0 spiro atoms. The summed E-state index contributed by atoms with van der Waals surface area (Å²) >= 11 is 7.11. The number of fused-ring (bicyclic) bond motifs is 1. The molecule has 0 aliphatic heterocycles. The highest BCUT2D eigenvalue weighted by atomic mass is 35.5. The normalized spacial score (nSPS) is 12.1. The van der Waals surface area contributed by atoms with Crippen molar-refractivity contribution in [3.63, 3.8) is 0 Å². The summed E-state index contributed by atoms with van der Waals surface area (Å²) < 4.78 is 43.0. The van der Waals surface area contributed by atoms with Crippen molar-refractivity contribution in [3.05, 3.63) is 70.1 Å². The van der Waals surface area contributed by atoms with Crippen LogP contribution in [0.15, 0.2) is 58.8 Å². The van der Waals surface area contributed by atoms with Crippen LogP contribution in [0.3, 0.4) is 0 Å². The highest BCUT2D eigenvalue weighted by molar-refractivity contribution is 7.94. The average molecular weight is 635 g/mol. The Morgan fingerprint density at radius 3 is 2.37 bits per heavy atom. The summed E-state index contributed by atoms with van der Waals surface area (Å²) in [5.41, 5.74) is 2.16. The molecule has 2 aromatic carbocycles. The van der Waals surface area contributed by atoms with Crippen LogP contribution >= 0.6 is 22.9 Å². The monoisotopic (exact) mass is 634 g/mol. The number of halogens is 1. The molecule has 0 radical (unpaired) electrons. The van der Waals surface area contributed by atoms with Crippen molar-refractivity contribution in [2.24, 2.45) is 0 Å². The zero-order valence-electron chi connectivity index (χ0n) is 24.0. The van der Waals surface area contributed by atoms with Crippen molar-refractivity contribution < 1.29 is 22.7 Å². The van der Waals surface area contributed by atoms with Gasteiger partial charge in [0.2, 0.25) is 0 Å². The zero-order chi connectivity index (χ0) is 29.9. The first-order valence-electron chi connectivity index (χ1n) is 13.0. The number of aromatic nitrogens is 2. The fraction of sp³-hybridized carbons (Fsp3) is 0.357. The van der Waals surface area contributed by atoms with Crippen LogP contribution in [-0.2, 0) is 21.3 Å². The third-order valence-electron chi connectivity index (χ3n) is 6.41. The van der Waals surface area contributed by atoms with Gasteiger partial charge in [0.05, 0.1) is 28.9 Å². The molecule has 0 bridgehead atoms. The molecule has 0 aliphatic rings. The van der Waals surface area contributed by atoms with Crippen LogP contribution in [0, 0.1) is 0 Å². The zero-order valence-corrected chi connectivity index (χ0v) is 27.4. The minimum atomic E-state index is -4.07. The van der Waals surface area contributed by atoms with Gasteiger partial charge in [-0.15, -0.1) is 11.3 Å². The maximum atomic E-state index is 14.0. The molecule has 13 heteroatoms. The third kappa shape index (κ3) is 7.12. The van der Waals surface area contributed by atoms with Gasteiger partial charge in [0.1, 0.15) is 16.7 Å². The topological polar surface area (TPSA) is 94.0 Å². The first kappa shape index (κ1) is 31.0. The number of ether oxygens (including phenoxy) is 2. The summed E-state index contributed by atoms with van der Waals surface area (Å²) in [6.45, 7) is 7.27. The first-order valence-corrected chi connectivity index (χ1v) is 19.4. The van der Waals surface area contributed by atoms with E-state index in [2.05, 4.69) is 19.6 Å². The lowest BCUT2D eigenvalue weighted by Gasteiger charge is -2.23. The molecule has 0 saturated carbocycles. The Hall–Kier alpha value is -2.90. The minimum absolute atomic E-state index is 0.0863. The molecule has 2 heterocycles. The van der Waals surface area contributed by atoms with Gasteiger partial charge < -0.3 is 14.4 Å². The molecule has 220 valence electrons. The van der Waals surface area contributed by atoms with Crippen LogP contribution in [0.1, 0.15) is 15.9 Å². The number of benzene rings is 2. The average Bonchev–Trinajstić information content (AvgIpc) is 3.52. The van der Waals surface area contributed by atoms with E-state index in [1.807, 2.05) is 24.3 Å². The van der Waals surface area contributed by atoms with Crippen molar-refractivity contribution in [1.29, 1.82) is 0 Å². The maximum Gasteiger partial charge on any atom is 0.277 e. The van der Waals surface area contributed by atoms with Gasteiger partial charge in [0, 0.05) is 34.3 Å². The quantitative estimate of drug-likeness (QED) is 0.108. The minimum Gasteiger partial charge on any atom is -0.496 e. The molecule has 0 N–H and O–H groups in total. The summed E-state index contributed by atoms with van der Waals surface area (Å²) in [6.07, 6.45) is 0. The number of hydrogen-bond acceptors (Lipinski definition) is 7. The number of anilines is 1. The molecule has 0 saturated heterocycles. The Bertz CT molecular complexity index is 1630. The number of rotatable bonds is 12. The van der Waals surface area contributed by atoms with E-state index in [-0.39, 0.29) is 22.7 Å². The molecule has 4 rings (SSSR count). The summed E-state index contributed by atoms with van der Waals surface area (Å²) in [7, 11) is -0.514. The molecule has 0 fully saturated rings. The van der Waals surface area contributed by atoms with Crippen molar-refractivity contribution in [1.82, 2.24) is 14.7 Å². The van der Waals surface area contributed by atoms with Crippen LogP contribution in [0.25, 0.3) is 10.9 Å². The van der Waals surface area contributed by atoms with E-state index >= 15 is 0 Å². The molecule has 4 aromatic rings. The van der Waals surface area contributed by atoms with Gasteiger partial charge >= 0.3 is 0 Å². The van der Waals surface area contributed by atoms with E-state index in [9.17, 15) is 13.2 Å². The summed E-state index contributed by atoms with van der Waals surface area (Å²) in [4.78, 5) is 13.9. The van der Waals surface area contributed by atoms with Gasteiger partial charge in [-0.1, -0.05) is 49.4 Å². The summed E-state index contributed by atoms with van der Waals surface area (Å²) in [5, 5.41) is 5.36. The SMILES string of the molecule is COc1cccc2c1c(N(COCC[Si](C)(C)C)S(=O)(=O)c1ccc(Cl)s1)nn2Cc1ccc(C(=O)N(C)C)cc1. The Kier molecular flexibility index (Phi) is 9.49. The molecular weight excluding hydrogens is 600 g/mol. The number of carbonyl (C=O) groups is 1. The molecule has 0 atom stereocenters. The van der Waals surface area contributed by atoms with Gasteiger partial charge in [0.15, 0.2) is 5.82 Å². The van der Waals surface area contributed by atoms with E-state index in [0.717, 1.165) is 22.9 Å². The number of thiophene rings is 1. The highest BCUT2D eigenvalue weighted by Crippen LogP contribution is 2.38. The molecule has 0 aliphatic carbocycles. The third-order valence-corrected chi connectivity index (χ3v) is 11.5. The predicted octanol–water partition coefficient (Wildman–Crippen LogP) is 6.02. The van der Waals surface area contributed by atoms with E-state index < -0.39 is 18.1 Å². The summed E-state index contributed by atoms with van der Waals surface area (Å²) in [6, 6.07) is 16.7. The van der Waals surface area contributed by atoms with Gasteiger partial charge in [-0.05, 0) is 48.0 Å². The van der Waals surface area contributed by atoms with Crippen molar-refractivity contribution in [2.75, 3.05) is 38.8 Å². The number of amides is 1. The highest BCUT2D eigenvalue weighted by Gasteiger charge is 2.32. The lowest BCUT2D eigenvalue weighted by molar-refractivity contribution is 0.0827. The summed E-state index contributed by atoms with van der Waals surface area (Å²) in [5.74, 6) is 0.605. The van der Waals surface area contributed by atoms with Gasteiger partial charge in [-0.3, -0.25) is 9.48 Å². The van der Waals surface area contributed by atoms with Crippen LogP contribution in [-0.4, -0.2) is 71.6 Å². The predicted molar refractivity (Wildman–Crippen MR) is 168 cm³/mol. The van der Waals surface area contributed by atoms with Crippen LogP contribution < -0.4 is 9.04 Å². The number of methoxy groups -OCH3 is 1. The number of nitrogens with zero attached hydrogens (tertiary/aromatic N) is 4. The van der Waals surface area contributed by atoms with Gasteiger partial charge in [0.25, 0.3) is 15.9 Å². The Morgan fingerprint density at radius 1 is 1.07 bits per heavy atom. The number of hydrogen-bond donors (Lipinski definition) is 0. The lowest BCUT2D eigenvalue weighted by Crippen LogP contribution is -2.34. The molecule has 41 heavy (non-hydrogen) atoms. The molecule has 0 unspecified atom stereocenters. The standard InChI is InChI=1S/C28H35ClN4O5S2Si/c1-31(2)28(34)21-12-10-20(11-13-21)18-32-22-8-7-9-23(37-3)26(22)27(30-32)33(19-38-16-17-41(4,5)6)40(35,36)25-15-14-24(29)39-25/h7-15H,16-19H2,1-6H3. The van der Waals surface area contributed by atoms with E-state index in [0.29, 0.717) is 39.7 Å². The second-order valence-corrected chi connectivity index (χ2v) is 20.4. The van der Waals surface area contributed by atoms with Crippen LogP contribution in [0.5, 0.6) is 5.75 Å². The largest absolute Gasteiger partial charge is 0.496 e. The number of carbonyl (C=O) groups excluding carboxylic acids is 1. The fourth-order valence-corrected chi connectivity index (χ4v) is 7.80. The lowest BCUT2D eigenvalue weighted by atomic mass is 10.1. The molecule has 9 nitrogen and oxygen atoms in total. The molecule has 2 aromatic heterocycles. The fourth-order valence-electron chi connectivity index (χ4n) is 4.14. The van der Waals surface area contributed by atoms with Crippen molar-refractivity contribution >= 4 is 63.7 Å². The van der Waals surface area contributed by atoms with E-state index in [1.54, 1.807) is 50.2 Å². The Morgan fingerprint density at radius 2 is 1.78 bits per heavy atom. The van der Waals surface area contributed by atoms with Crippen LogP contribution in [0.4, 0.5) is 5.82 Å². The maximum absolute atomic E-state index is 14.0. The van der Waals surface area contributed by atoms with Gasteiger partial charge in [-0.2, -0.15) is 5.10 Å². The smallest absolute Gasteiger partial charge is 0.277 e. The second-order valence-electron chi connectivity index (χ2n) is 11.0.